The number of aromatic nitrogens is 2. The SMILES string of the molecule is CCNC(=O)[C@H](C)NC(=O)COC(=O)c1ccc(-n2cnc3ccccc32)cc1. The lowest BCUT2D eigenvalue weighted by Crippen LogP contribution is -2.46. The number of hydrogen-bond donors (Lipinski definition) is 2. The lowest BCUT2D eigenvalue weighted by atomic mass is 10.2. The predicted octanol–water partition coefficient (Wildman–Crippen LogP) is 1.82. The van der Waals surface area contributed by atoms with Gasteiger partial charge in [0, 0.05) is 12.2 Å². The zero-order chi connectivity index (χ0) is 20.8. The van der Waals surface area contributed by atoms with E-state index in [0.29, 0.717) is 12.1 Å². The van der Waals surface area contributed by atoms with Crippen LogP contribution in [0.3, 0.4) is 0 Å². The molecular weight excluding hydrogens is 372 g/mol. The van der Waals surface area contributed by atoms with Crippen LogP contribution >= 0.6 is 0 Å². The molecule has 2 N–H and O–H groups in total. The van der Waals surface area contributed by atoms with Gasteiger partial charge in [-0.25, -0.2) is 9.78 Å². The number of carbonyl (C=O) groups is 3. The maximum atomic E-state index is 12.2. The van der Waals surface area contributed by atoms with Crippen LogP contribution in [0.5, 0.6) is 0 Å². The minimum absolute atomic E-state index is 0.296. The number of para-hydroxylation sites is 2. The molecule has 3 rings (SSSR count). The predicted molar refractivity (Wildman–Crippen MR) is 108 cm³/mol. The molecule has 0 unspecified atom stereocenters. The second kappa shape index (κ2) is 9.01. The third-order valence-corrected chi connectivity index (χ3v) is 4.29. The molecule has 0 aliphatic heterocycles. The molecule has 1 atom stereocenters. The average Bonchev–Trinajstić information content (AvgIpc) is 3.16. The molecule has 150 valence electrons. The van der Waals surface area contributed by atoms with Gasteiger partial charge in [-0.05, 0) is 50.2 Å². The number of nitrogens with one attached hydrogen (secondary N) is 2. The first-order valence-corrected chi connectivity index (χ1v) is 9.26. The molecule has 0 saturated heterocycles. The van der Waals surface area contributed by atoms with Crippen molar-refractivity contribution in [1.29, 1.82) is 0 Å². The van der Waals surface area contributed by atoms with E-state index < -0.39 is 24.5 Å². The summed E-state index contributed by atoms with van der Waals surface area (Å²) in [5.74, 6) is -1.46. The quantitative estimate of drug-likeness (QED) is 0.595. The second-order valence-corrected chi connectivity index (χ2v) is 6.41. The van der Waals surface area contributed by atoms with Crippen LogP contribution in [-0.4, -0.2) is 46.5 Å². The lowest BCUT2D eigenvalue weighted by Gasteiger charge is -2.13. The van der Waals surface area contributed by atoms with Gasteiger partial charge in [0.25, 0.3) is 5.91 Å². The van der Waals surface area contributed by atoms with Crippen LogP contribution in [0, 0.1) is 0 Å². The fourth-order valence-corrected chi connectivity index (χ4v) is 2.81. The summed E-state index contributed by atoms with van der Waals surface area (Å²) in [6, 6.07) is 13.9. The average molecular weight is 394 g/mol. The van der Waals surface area contributed by atoms with Gasteiger partial charge >= 0.3 is 5.97 Å². The van der Waals surface area contributed by atoms with Crippen molar-refractivity contribution in [2.75, 3.05) is 13.2 Å². The van der Waals surface area contributed by atoms with Crippen molar-refractivity contribution < 1.29 is 19.1 Å². The minimum atomic E-state index is -0.703. The van der Waals surface area contributed by atoms with Crippen LogP contribution in [0.25, 0.3) is 16.7 Å². The Kier molecular flexibility index (Phi) is 6.23. The molecule has 0 bridgehead atoms. The molecule has 0 saturated carbocycles. The molecule has 8 heteroatoms. The number of nitrogens with zero attached hydrogens (tertiary/aromatic N) is 2. The lowest BCUT2D eigenvalue weighted by molar-refractivity contribution is -0.130. The van der Waals surface area contributed by atoms with E-state index in [1.54, 1.807) is 44.4 Å². The van der Waals surface area contributed by atoms with E-state index in [-0.39, 0.29) is 5.91 Å². The van der Waals surface area contributed by atoms with E-state index in [0.717, 1.165) is 16.7 Å². The summed E-state index contributed by atoms with van der Waals surface area (Å²) in [7, 11) is 0. The summed E-state index contributed by atoms with van der Waals surface area (Å²) in [5.41, 5.74) is 3.01. The normalized spacial score (nSPS) is 11.7. The zero-order valence-electron chi connectivity index (χ0n) is 16.2. The van der Waals surface area contributed by atoms with Crippen molar-refractivity contribution in [3.05, 3.63) is 60.4 Å². The van der Waals surface area contributed by atoms with Gasteiger partial charge in [-0.15, -0.1) is 0 Å². The van der Waals surface area contributed by atoms with Crippen LogP contribution in [0.15, 0.2) is 54.9 Å². The van der Waals surface area contributed by atoms with Crippen LogP contribution in [0.1, 0.15) is 24.2 Å². The van der Waals surface area contributed by atoms with Gasteiger partial charge in [0.1, 0.15) is 12.4 Å². The molecule has 29 heavy (non-hydrogen) atoms. The van der Waals surface area contributed by atoms with Crippen LogP contribution in [0.4, 0.5) is 0 Å². The summed E-state index contributed by atoms with van der Waals surface area (Å²) >= 11 is 0. The fourth-order valence-electron chi connectivity index (χ4n) is 2.81. The number of imidazole rings is 1. The van der Waals surface area contributed by atoms with E-state index in [9.17, 15) is 14.4 Å². The highest BCUT2D eigenvalue weighted by Gasteiger charge is 2.16. The first kappa shape index (κ1) is 20.1. The van der Waals surface area contributed by atoms with Crippen molar-refractivity contribution in [2.45, 2.75) is 19.9 Å². The molecule has 1 heterocycles. The number of fused-ring (bicyclic) bond motifs is 1. The molecule has 0 aliphatic carbocycles. The standard InChI is InChI=1S/C21H22N4O4/c1-3-22-20(27)14(2)24-19(26)12-29-21(28)15-8-10-16(11-9-15)25-13-23-17-6-4-5-7-18(17)25/h4-11,13-14H,3,12H2,1-2H3,(H,22,27)(H,24,26)/t14-/m0/s1. The number of amides is 2. The smallest absolute Gasteiger partial charge is 0.338 e. The van der Waals surface area contributed by atoms with Gasteiger partial charge in [-0.3, -0.25) is 14.2 Å². The van der Waals surface area contributed by atoms with Crippen molar-refractivity contribution in [1.82, 2.24) is 20.2 Å². The summed E-state index contributed by atoms with van der Waals surface area (Å²) in [4.78, 5) is 40.0. The van der Waals surface area contributed by atoms with E-state index in [1.165, 1.54) is 0 Å². The highest BCUT2D eigenvalue weighted by atomic mass is 16.5. The van der Waals surface area contributed by atoms with Crippen molar-refractivity contribution in [3.8, 4) is 5.69 Å². The monoisotopic (exact) mass is 394 g/mol. The zero-order valence-corrected chi connectivity index (χ0v) is 16.2. The Morgan fingerprint density at radius 2 is 1.83 bits per heavy atom. The molecule has 0 spiro atoms. The van der Waals surface area contributed by atoms with Crippen molar-refractivity contribution >= 4 is 28.8 Å². The summed E-state index contributed by atoms with van der Waals surface area (Å²) < 4.78 is 6.95. The number of carbonyl (C=O) groups excluding carboxylic acids is 3. The summed E-state index contributed by atoms with van der Waals surface area (Å²) in [6.45, 7) is 3.35. The molecule has 0 aliphatic rings. The number of benzene rings is 2. The maximum absolute atomic E-state index is 12.2. The largest absolute Gasteiger partial charge is 0.452 e. The van der Waals surface area contributed by atoms with Crippen LogP contribution < -0.4 is 10.6 Å². The number of likely N-dealkylation sites (N-methyl/N-ethyl adjacent to an activating group) is 1. The first-order valence-electron chi connectivity index (χ1n) is 9.26. The second-order valence-electron chi connectivity index (χ2n) is 6.41. The molecule has 3 aromatic rings. The third kappa shape index (κ3) is 4.78. The minimum Gasteiger partial charge on any atom is -0.452 e. The Morgan fingerprint density at radius 1 is 1.10 bits per heavy atom. The van der Waals surface area contributed by atoms with Gasteiger partial charge in [0.15, 0.2) is 6.61 Å². The van der Waals surface area contributed by atoms with Gasteiger partial charge in [0.2, 0.25) is 5.91 Å². The summed E-state index contributed by atoms with van der Waals surface area (Å²) in [6.07, 6.45) is 1.72. The first-order chi connectivity index (χ1) is 14.0. The molecular formula is C21H22N4O4. The molecule has 0 fully saturated rings. The fraction of sp³-hybridized carbons (Fsp3) is 0.238. The number of hydrogen-bond acceptors (Lipinski definition) is 5. The van der Waals surface area contributed by atoms with E-state index in [1.807, 2.05) is 28.8 Å². The highest BCUT2D eigenvalue weighted by Crippen LogP contribution is 2.18. The topological polar surface area (TPSA) is 102 Å². The summed E-state index contributed by atoms with van der Waals surface area (Å²) in [5, 5.41) is 5.08. The molecule has 0 radical (unpaired) electrons. The van der Waals surface area contributed by atoms with Gasteiger partial charge in [0.05, 0.1) is 16.6 Å². The Balaban J connectivity index is 1.58. The van der Waals surface area contributed by atoms with Gasteiger partial charge < -0.3 is 15.4 Å². The van der Waals surface area contributed by atoms with Crippen LogP contribution in [-0.2, 0) is 14.3 Å². The number of rotatable bonds is 7. The molecule has 2 aromatic carbocycles. The highest BCUT2D eigenvalue weighted by molar-refractivity contribution is 5.92. The van der Waals surface area contributed by atoms with Crippen molar-refractivity contribution in [2.24, 2.45) is 0 Å². The van der Waals surface area contributed by atoms with Gasteiger partial charge in [-0.1, -0.05) is 12.1 Å². The van der Waals surface area contributed by atoms with Crippen molar-refractivity contribution in [3.63, 3.8) is 0 Å². The molecule has 8 nitrogen and oxygen atoms in total. The Morgan fingerprint density at radius 3 is 2.55 bits per heavy atom. The molecule has 2 amide bonds. The Hall–Kier alpha value is -3.68. The van der Waals surface area contributed by atoms with Gasteiger partial charge in [-0.2, -0.15) is 0 Å². The van der Waals surface area contributed by atoms with Crippen LogP contribution in [0.2, 0.25) is 0 Å². The Labute approximate surface area is 167 Å². The molecule has 1 aromatic heterocycles. The van der Waals surface area contributed by atoms with E-state index in [4.69, 9.17) is 4.74 Å². The third-order valence-electron chi connectivity index (χ3n) is 4.29. The van der Waals surface area contributed by atoms with E-state index >= 15 is 0 Å². The number of esters is 1. The Bertz CT molecular complexity index is 1030. The maximum Gasteiger partial charge on any atom is 0.338 e. The number of ether oxygens (including phenoxy) is 1. The van der Waals surface area contributed by atoms with E-state index in [2.05, 4.69) is 15.6 Å².